The van der Waals surface area contributed by atoms with E-state index in [1.807, 2.05) is 0 Å². The van der Waals surface area contributed by atoms with E-state index < -0.39 is 27.9 Å². The van der Waals surface area contributed by atoms with Gasteiger partial charge in [0, 0.05) is 7.11 Å². The lowest BCUT2D eigenvalue weighted by molar-refractivity contribution is -0.385. The summed E-state index contributed by atoms with van der Waals surface area (Å²) in [4.78, 5) is 22.1. The van der Waals surface area contributed by atoms with Crippen LogP contribution in [0.5, 0.6) is 0 Å². The van der Waals surface area contributed by atoms with Crippen LogP contribution in [-0.2, 0) is 4.74 Å². The average molecular weight is 285 g/mol. The molecule has 7 nitrogen and oxygen atoms in total. The molecule has 8 heteroatoms. The summed E-state index contributed by atoms with van der Waals surface area (Å²) >= 11 is 0. The van der Waals surface area contributed by atoms with Crippen LogP contribution < -0.4 is 11.1 Å². The van der Waals surface area contributed by atoms with E-state index >= 15 is 0 Å². The largest absolute Gasteiger partial charge is 0.396 e. The molecule has 1 aromatic carbocycles. The van der Waals surface area contributed by atoms with Gasteiger partial charge in [0.25, 0.3) is 11.6 Å². The number of carbonyl (C=O) groups excluding carboxylic acids is 1. The van der Waals surface area contributed by atoms with Crippen LogP contribution in [0.25, 0.3) is 0 Å². The summed E-state index contributed by atoms with van der Waals surface area (Å²) in [5.74, 6) is -1.66. The van der Waals surface area contributed by atoms with E-state index in [9.17, 15) is 19.3 Å². The van der Waals surface area contributed by atoms with Crippen LogP contribution in [0.15, 0.2) is 12.1 Å². The van der Waals surface area contributed by atoms with Crippen molar-refractivity contribution in [2.24, 2.45) is 0 Å². The van der Waals surface area contributed by atoms with E-state index in [2.05, 4.69) is 5.32 Å². The van der Waals surface area contributed by atoms with Crippen LogP contribution in [0.1, 0.15) is 24.2 Å². The first-order valence-corrected chi connectivity index (χ1v) is 5.73. The molecular formula is C12H16FN3O4. The molecule has 20 heavy (non-hydrogen) atoms. The highest BCUT2D eigenvalue weighted by molar-refractivity contribution is 5.99. The number of nitro benzene ring substituents is 1. The Kier molecular flexibility index (Phi) is 4.61. The van der Waals surface area contributed by atoms with Crippen LogP contribution in [0.4, 0.5) is 15.8 Å². The lowest BCUT2D eigenvalue weighted by Crippen LogP contribution is -2.46. The third-order valence-corrected chi connectivity index (χ3v) is 2.51. The summed E-state index contributed by atoms with van der Waals surface area (Å²) in [5.41, 5.74) is 3.36. The molecule has 0 atom stereocenters. The summed E-state index contributed by atoms with van der Waals surface area (Å²) in [6.45, 7) is 3.59. The predicted octanol–water partition coefficient (Wildman–Crippen LogP) is 1.47. The van der Waals surface area contributed by atoms with Gasteiger partial charge in [0.2, 0.25) is 0 Å². The molecule has 0 aliphatic rings. The number of nitro groups is 1. The quantitative estimate of drug-likeness (QED) is 0.484. The number of halogens is 1. The van der Waals surface area contributed by atoms with Gasteiger partial charge in [0.1, 0.15) is 5.56 Å². The molecule has 110 valence electrons. The van der Waals surface area contributed by atoms with Crippen molar-refractivity contribution in [3.63, 3.8) is 0 Å². The minimum Gasteiger partial charge on any atom is -0.396 e. The number of hydrogen-bond donors (Lipinski definition) is 2. The minimum absolute atomic E-state index is 0.212. The van der Waals surface area contributed by atoms with Crippen LogP contribution >= 0.6 is 0 Å². The first kappa shape index (κ1) is 15.8. The number of anilines is 1. The Morgan fingerprint density at radius 3 is 2.65 bits per heavy atom. The molecule has 0 unspecified atom stereocenters. The van der Waals surface area contributed by atoms with Crippen molar-refractivity contribution >= 4 is 17.3 Å². The van der Waals surface area contributed by atoms with E-state index in [4.69, 9.17) is 10.5 Å². The number of amides is 1. The fraction of sp³-hybridized carbons (Fsp3) is 0.417. The summed E-state index contributed by atoms with van der Waals surface area (Å²) in [5, 5.41) is 13.4. The van der Waals surface area contributed by atoms with Gasteiger partial charge in [-0.1, -0.05) is 0 Å². The zero-order chi connectivity index (χ0) is 15.5. The molecule has 1 rings (SSSR count). The Bertz CT molecular complexity index is 546. The van der Waals surface area contributed by atoms with Gasteiger partial charge in [0.05, 0.1) is 28.8 Å². The maximum Gasteiger partial charge on any atom is 0.285 e. The molecule has 0 heterocycles. The van der Waals surface area contributed by atoms with Crippen molar-refractivity contribution in [3.8, 4) is 0 Å². The number of hydrogen-bond acceptors (Lipinski definition) is 5. The molecule has 0 saturated carbocycles. The molecule has 0 spiro atoms. The molecule has 0 aromatic heterocycles. The highest BCUT2D eigenvalue weighted by Gasteiger charge is 2.27. The number of nitrogens with zero attached hydrogens (tertiary/aromatic N) is 1. The highest BCUT2D eigenvalue weighted by Crippen LogP contribution is 2.24. The number of nitrogens with two attached hydrogens (primary N) is 1. The summed E-state index contributed by atoms with van der Waals surface area (Å²) < 4.78 is 18.2. The number of benzene rings is 1. The molecule has 1 aromatic rings. The first-order valence-electron chi connectivity index (χ1n) is 5.73. The second-order valence-electron chi connectivity index (χ2n) is 4.92. The normalized spacial score (nSPS) is 11.2. The number of methoxy groups -OCH3 is 1. The Morgan fingerprint density at radius 1 is 1.55 bits per heavy atom. The van der Waals surface area contributed by atoms with Crippen molar-refractivity contribution < 1.29 is 18.8 Å². The van der Waals surface area contributed by atoms with Crippen molar-refractivity contribution in [1.29, 1.82) is 0 Å². The predicted molar refractivity (Wildman–Crippen MR) is 70.9 cm³/mol. The summed E-state index contributed by atoms with van der Waals surface area (Å²) in [6, 6.07) is 1.58. The standard InChI is InChI=1S/C12H16FN3O4/c1-12(2,6-20-3)15-11(17)7-4-9(14)8(13)5-10(7)16(18)19/h4-5H,6,14H2,1-3H3,(H,15,17). The highest BCUT2D eigenvalue weighted by atomic mass is 19.1. The number of rotatable bonds is 5. The van der Waals surface area contributed by atoms with Gasteiger partial charge < -0.3 is 15.8 Å². The topological polar surface area (TPSA) is 107 Å². The second kappa shape index (κ2) is 5.83. The van der Waals surface area contributed by atoms with Crippen LogP contribution in [-0.4, -0.2) is 30.1 Å². The van der Waals surface area contributed by atoms with Gasteiger partial charge in [-0.25, -0.2) is 4.39 Å². The number of nitrogens with one attached hydrogen (secondary N) is 1. The SMILES string of the molecule is COCC(C)(C)NC(=O)c1cc(N)c(F)cc1[N+](=O)[O-]. The second-order valence-corrected chi connectivity index (χ2v) is 4.92. The van der Waals surface area contributed by atoms with Gasteiger partial charge in [0.15, 0.2) is 5.82 Å². The third-order valence-electron chi connectivity index (χ3n) is 2.51. The van der Waals surface area contributed by atoms with Crippen molar-refractivity contribution in [2.45, 2.75) is 19.4 Å². The van der Waals surface area contributed by atoms with Gasteiger partial charge in [-0.05, 0) is 19.9 Å². The Hall–Kier alpha value is -2.22. The molecule has 0 radical (unpaired) electrons. The monoisotopic (exact) mass is 285 g/mol. The summed E-state index contributed by atoms with van der Waals surface area (Å²) in [7, 11) is 1.46. The average Bonchev–Trinajstić information content (AvgIpc) is 2.30. The smallest absolute Gasteiger partial charge is 0.285 e. The molecular weight excluding hydrogens is 269 g/mol. The van der Waals surface area contributed by atoms with Crippen LogP contribution in [0, 0.1) is 15.9 Å². The van der Waals surface area contributed by atoms with E-state index in [-0.39, 0.29) is 17.9 Å². The summed E-state index contributed by atoms with van der Waals surface area (Å²) in [6.07, 6.45) is 0. The Labute approximate surface area is 115 Å². The molecule has 0 bridgehead atoms. The maximum absolute atomic E-state index is 13.3. The zero-order valence-corrected chi connectivity index (χ0v) is 11.4. The van der Waals surface area contributed by atoms with Crippen LogP contribution in [0.3, 0.4) is 0 Å². The Morgan fingerprint density at radius 2 is 2.15 bits per heavy atom. The van der Waals surface area contributed by atoms with Crippen molar-refractivity contribution in [1.82, 2.24) is 5.32 Å². The Balaban J connectivity index is 3.15. The van der Waals surface area contributed by atoms with E-state index in [0.717, 1.165) is 6.07 Å². The van der Waals surface area contributed by atoms with Crippen molar-refractivity contribution in [3.05, 3.63) is 33.6 Å². The first-order chi connectivity index (χ1) is 9.18. The molecule has 3 N–H and O–H groups in total. The lowest BCUT2D eigenvalue weighted by Gasteiger charge is -2.25. The molecule has 0 aliphatic carbocycles. The van der Waals surface area contributed by atoms with Gasteiger partial charge in [-0.3, -0.25) is 14.9 Å². The molecule has 0 saturated heterocycles. The molecule has 0 fully saturated rings. The number of ether oxygens (including phenoxy) is 1. The van der Waals surface area contributed by atoms with Gasteiger partial charge in [-0.15, -0.1) is 0 Å². The van der Waals surface area contributed by atoms with Gasteiger partial charge in [-0.2, -0.15) is 0 Å². The van der Waals surface area contributed by atoms with Gasteiger partial charge >= 0.3 is 0 Å². The molecule has 1 amide bonds. The van der Waals surface area contributed by atoms with E-state index in [1.54, 1.807) is 13.8 Å². The number of nitrogen functional groups attached to an aromatic ring is 1. The fourth-order valence-corrected chi connectivity index (χ4v) is 1.68. The lowest BCUT2D eigenvalue weighted by atomic mass is 10.0. The number of carbonyl (C=O) groups is 1. The van der Waals surface area contributed by atoms with E-state index in [0.29, 0.717) is 6.07 Å². The fourth-order valence-electron chi connectivity index (χ4n) is 1.68. The molecule has 0 aliphatic heterocycles. The maximum atomic E-state index is 13.3. The van der Waals surface area contributed by atoms with Crippen molar-refractivity contribution in [2.75, 3.05) is 19.5 Å². The third kappa shape index (κ3) is 3.64. The van der Waals surface area contributed by atoms with E-state index in [1.165, 1.54) is 7.11 Å². The van der Waals surface area contributed by atoms with Crippen LogP contribution in [0.2, 0.25) is 0 Å². The minimum atomic E-state index is -0.940. The zero-order valence-electron chi connectivity index (χ0n) is 11.4.